The van der Waals surface area contributed by atoms with Gasteiger partial charge in [0.15, 0.2) is 0 Å². The van der Waals surface area contributed by atoms with Crippen molar-refractivity contribution in [2.75, 3.05) is 0 Å². The van der Waals surface area contributed by atoms with Crippen LogP contribution in [0.4, 0.5) is 0 Å². The number of hydrogen-bond donors (Lipinski definition) is 3. The smallest absolute Gasteiger partial charge is 0.352 e. The van der Waals surface area contributed by atoms with Crippen LogP contribution in [0.15, 0.2) is 41.4 Å². The number of hydrogen-bond acceptors (Lipinski definition) is 3. The minimum Gasteiger partial charge on any atom is -0.477 e. The Balaban J connectivity index is 2.22. The van der Waals surface area contributed by atoms with Crippen LogP contribution in [-0.2, 0) is 10.0 Å². The van der Waals surface area contributed by atoms with E-state index in [0.717, 1.165) is 17.2 Å². The molecule has 0 aliphatic heterocycles. The number of rotatable bonds is 6. The topological polar surface area (TPSA) is 99.3 Å². The number of nitrogens with one attached hydrogen (secondary N) is 2. The molecule has 1 atom stereocenters. The Morgan fingerprint density at radius 2 is 1.83 bits per heavy atom. The van der Waals surface area contributed by atoms with Crippen LogP contribution in [0.25, 0.3) is 0 Å². The van der Waals surface area contributed by atoms with Crippen LogP contribution >= 0.6 is 0 Å². The lowest BCUT2D eigenvalue weighted by Crippen LogP contribution is -2.26. The third-order valence-electron chi connectivity index (χ3n) is 3.61. The number of aromatic nitrogens is 1. The van der Waals surface area contributed by atoms with Gasteiger partial charge in [0.1, 0.15) is 10.6 Å². The molecule has 0 aliphatic rings. The molecule has 1 aromatic carbocycles. The molecule has 0 saturated carbocycles. The highest BCUT2D eigenvalue weighted by Gasteiger charge is 2.21. The number of H-pyrrole nitrogens is 1. The monoisotopic (exact) mass is 336 g/mol. The average Bonchev–Trinajstić information content (AvgIpc) is 2.98. The molecule has 0 radical (unpaired) electrons. The zero-order valence-electron chi connectivity index (χ0n) is 13.2. The molecule has 7 heteroatoms. The fraction of sp³-hybridized carbons (Fsp3) is 0.312. The molecule has 0 spiro atoms. The Morgan fingerprint density at radius 1 is 1.17 bits per heavy atom. The van der Waals surface area contributed by atoms with Gasteiger partial charge in [-0.1, -0.05) is 38.1 Å². The van der Waals surface area contributed by atoms with E-state index < -0.39 is 22.0 Å². The van der Waals surface area contributed by atoms with Gasteiger partial charge in [0.05, 0.1) is 0 Å². The van der Waals surface area contributed by atoms with E-state index in [0.29, 0.717) is 5.92 Å². The number of carboxylic acids is 1. The molecule has 1 aromatic heterocycles. The largest absolute Gasteiger partial charge is 0.477 e. The molecule has 124 valence electrons. The molecule has 1 heterocycles. The SMILES string of the molecule is CC(C)c1cccc(C(C)NS(=O)(=O)c2c[nH]c(C(=O)O)c2)c1. The van der Waals surface area contributed by atoms with E-state index in [-0.39, 0.29) is 10.6 Å². The van der Waals surface area contributed by atoms with Crippen molar-refractivity contribution in [3.05, 3.63) is 53.3 Å². The van der Waals surface area contributed by atoms with Crippen LogP contribution < -0.4 is 4.72 Å². The summed E-state index contributed by atoms with van der Waals surface area (Å²) in [5.74, 6) is -0.856. The second kappa shape index (κ2) is 6.55. The predicted octanol–water partition coefficient (Wildman–Crippen LogP) is 2.88. The average molecular weight is 336 g/mol. The fourth-order valence-electron chi connectivity index (χ4n) is 2.21. The molecule has 2 aromatic rings. The number of benzene rings is 1. The van der Waals surface area contributed by atoms with Gasteiger partial charge in [0, 0.05) is 12.2 Å². The Hall–Kier alpha value is -2.12. The minimum absolute atomic E-state index is 0.0956. The van der Waals surface area contributed by atoms with Gasteiger partial charge in [-0.2, -0.15) is 0 Å². The van der Waals surface area contributed by atoms with E-state index >= 15 is 0 Å². The standard InChI is InChI=1S/C16H20N2O4S/c1-10(2)12-5-4-6-13(7-12)11(3)18-23(21,22)14-8-15(16(19)20)17-9-14/h4-11,17-18H,1-3H3,(H,19,20). The summed E-state index contributed by atoms with van der Waals surface area (Å²) in [4.78, 5) is 13.2. The van der Waals surface area contributed by atoms with Crippen LogP contribution in [0.3, 0.4) is 0 Å². The highest BCUT2D eigenvalue weighted by Crippen LogP contribution is 2.22. The number of aromatic carboxylic acids is 1. The summed E-state index contributed by atoms with van der Waals surface area (Å²) in [7, 11) is -3.80. The van der Waals surface area contributed by atoms with Crippen molar-refractivity contribution in [3.8, 4) is 0 Å². The number of carboxylic acid groups (broad SMARTS) is 1. The van der Waals surface area contributed by atoms with Crippen molar-refractivity contribution in [2.45, 2.75) is 37.6 Å². The normalized spacial score (nSPS) is 13.2. The van der Waals surface area contributed by atoms with Gasteiger partial charge < -0.3 is 10.1 Å². The van der Waals surface area contributed by atoms with Crippen molar-refractivity contribution in [1.29, 1.82) is 0 Å². The van der Waals surface area contributed by atoms with Crippen molar-refractivity contribution in [3.63, 3.8) is 0 Å². The van der Waals surface area contributed by atoms with Crippen LogP contribution in [0, 0.1) is 0 Å². The first-order valence-electron chi connectivity index (χ1n) is 7.24. The first-order chi connectivity index (χ1) is 10.7. The number of carbonyl (C=O) groups is 1. The zero-order chi connectivity index (χ0) is 17.2. The summed E-state index contributed by atoms with van der Waals surface area (Å²) in [6.45, 7) is 5.89. The van der Waals surface area contributed by atoms with E-state index in [1.165, 1.54) is 6.20 Å². The van der Waals surface area contributed by atoms with Crippen LogP contribution in [0.5, 0.6) is 0 Å². The molecule has 23 heavy (non-hydrogen) atoms. The van der Waals surface area contributed by atoms with Gasteiger partial charge >= 0.3 is 5.97 Å². The molecule has 0 fully saturated rings. The van der Waals surface area contributed by atoms with Crippen molar-refractivity contribution >= 4 is 16.0 Å². The molecule has 0 amide bonds. The summed E-state index contributed by atoms with van der Waals surface area (Å²) >= 11 is 0. The molecule has 3 N–H and O–H groups in total. The zero-order valence-corrected chi connectivity index (χ0v) is 14.0. The molecule has 2 rings (SSSR count). The van der Waals surface area contributed by atoms with Crippen molar-refractivity contribution in [1.82, 2.24) is 9.71 Å². The van der Waals surface area contributed by atoms with Crippen LogP contribution in [0.2, 0.25) is 0 Å². The van der Waals surface area contributed by atoms with Gasteiger partial charge in [-0.05, 0) is 30.0 Å². The molecule has 1 unspecified atom stereocenters. The van der Waals surface area contributed by atoms with Crippen molar-refractivity contribution in [2.24, 2.45) is 0 Å². The van der Waals surface area contributed by atoms with Crippen LogP contribution in [-0.4, -0.2) is 24.5 Å². The lowest BCUT2D eigenvalue weighted by atomic mass is 9.99. The first-order valence-corrected chi connectivity index (χ1v) is 8.73. The van der Waals surface area contributed by atoms with E-state index in [1.54, 1.807) is 6.92 Å². The maximum Gasteiger partial charge on any atom is 0.352 e. The molecule has 6 nitrogen and oxygen atoms in total. The second-order valence-corrected chi connectivity index (χ2v) is 7.44. The Labute approximate surface area is 135 Å². The summed E-state index contributed by atoms with van der Waals surface area (Å²) in [5.41, 5.74) is 1.82. The third kappa shape index (κ3) is 4.00. The van der Waals surface area contributed by atoms with Gasteiger partial charge in [-0.25, -0.2) is 17.9 Å². The molecule has 0 bridgehead atoms. The van der Waals surface area contributed by atoms with E-state index in [9.17, 15) is 13.2 Å². The van der Waals surface area contributed by atoms with Crippen molar-refractivity contribution < 1.29 is 18.3 Å². The van der Waals surface area contributed by atoms with Gasteiger partial charge in [-0.15, -0.1) is 0 Å². The van der Waals surface area contributed by atoms with Crippen LogP contribution in [0.1, 0.15) is 54.3 Å². The summed E-state index contributed by atoms with van der Waals surface area (Å²) in [6, 6.07) is 8.40. The quantitative estimate of drug-likeness (QED) is 0.755. The lowest BCUT2D eigenvalue weighted by molar-refractivity contribution is 0.0691. The van der Waals surface area contributed by atoms with E-state index in [4.69, 9.17) is 5.11 Å². The summed E-state index contributed by atoms with van der Waals surface area (Å²) in [5, 5.41) is 8.86. The Kier molecular flexibility index (Phi) is 4.91. The summed E-state index contributed by atoms with van der Waals surface area (Å²) < 4.78 is 27.3. The maximum atomic E-state index is 12.3. The second-order valence-electron chi connectivity index (χ2n) is 5.72. The summed E-state index contributed by atoms with van der Waals surface area (Å²) in [6.07, 6.45) is 1.17. The molecule has 0 saturated heterocycles. The Morgan fingerprint density at radius 3 is 2.39 bits per heavy atom. The highest BCUT2D eigenvalue weighted by molar-refractivity contribution is 7.89. The highest BCUT2D eigenvalue weighted by atomic mass is 32.2. The number of sulfonamides is 1. The molecular weight excluding hydrogens is 316 g/mol. The number of aromatic amines is 1. The van der Waals surface area contributed by atoms with Gasteiger partial charge in [-0.3, -0.25) is 0 Å². The first kappa shape index (κ1) is 17.2. The van der Waals surface area contributed by atoms with E-state index in [1.807, 2.05) is 24.3 Å². The molecular formula is C16H20N2O4S. The van der Waals surface area contributed by atoms with Gasteiger partial charge in [0.2, 0.25) is 10.0 Å². The van der Waals surface area contributed by atoms with Gasteiger partial charge in [0.25, 0.3) is 0 Å². The molecule has 0 aliphatic carbocycles. The third-order valence-corrected chi connectivity index (χ3v) is 5.13. The fourth-order valence-corrected chi connectivity index (χ4v) is 3.43. The lowest BCUT2D eigenvalue weighted by Gasteiger charge is -2.16. The minimum atomic E-state index is -3.80. The van der Waals surface area contributed by atoms with E-state index in [2.05, 4.69) is 23.6 Å². The maximum absolute atomic E-state index is 12.3. The Bertz CT molecular complexity index is 809. The predicted molar refractivity (Wildman–Crippen MR) is 87.0 cm³/mol.